The van der Waals surface area contributed by atoms with Gasteiger partial charge in [-0.1, -0.05) is 12.1 Å². The molecule has 2 atom stereocenters. The lowest BCUT2D eigenvalue weighted by Gasteiger charge is -2.27. The van der Waals surface area contributed by atoms with Crippen molar-refractivity contribution in [3.63, 3.8) is 0 Å². The number of rotatable bonds is 2. The number of hydrogen-bond acceptors (Lipinski definition) is 3. The van der Waals surface area contributed by atoms with E-state index in [4.69, 9.17) is 0 Å². The zero-order chi connectivity index (χ0) is 12.4. The van der Waals surface area contributed by atoms with Crippen LogP contribution in [0.5, 0.6) is 0 Å². The highest BCUT2D eigenvalue weighted by atomic mass is 16.3. The van der Waals surface area contributed by atoms with E-state index in [1.807, 2.05) is 24.3 Å². The summed E-state index contributed by atoms with van der Waals surface area (Å²) in [6, 6.07) is 10.0. The Labute approximate surface area is 107 Å². The highest BCUT2D eigenvalue weighted by molar-refractivity contribution is 5.79. The molecule has 94 valence electrons. The highest BCUT2D eigenvalue weighted by Gasteiger charge is 2.22. The number of piperidine rings is 1. The Hall–Kier alpha value is -1.45. The number of aromatic nitrogens is 1. The first-order valence-corrected chi connectivity index (χ1v) is 6.58. The number of pyridine rings is 1. The molecule has 0 saturated carbocycles. The van der Waals surface area contributed by atoms with E-state index in [-0.39, 0.29) is 6.10 Å². The number of nitrogens with zero attached hydrogens (tertiary/aromatic N) is 1. The predicted molar refractivity (Wildman–Crippen MR) is 72.3 cm³/mol. The average Bonchev–Trinajstić information content (AvgIpc) is 2.47. The van der Waals surface area contributed by atoms with Crippen LogP contribution in [-0.4, -0.2) is 23.2 Å². The first kappa shape index (κ1) is 11.6. The Morgan fingerprint density at radius 2 is 2.28 bits per heavy atom. The van der Waals surface area contributed by atoms with Crippen molar-refractivity contribution in [2.24, 2.45) is 5.92 Å². The van der Waals surface area contributed by atoms with Crippen LogP contribution in [0.3, 0.4) is 0 Å². The fraction of sp³-hybridized carbons (Fsp3) is 0.400. The minimum absolute atomic E-state index is 0.327. The Bertz CT molecular complexity index is 535. The van der Waals surface area contributed by atoms with Crippen LogP contribution in [0, 0.1) is 5.92 Å². The first-order valence-electron chi connectivity index (χ1n) is 6.58. The second kappa shape index (κ2) is 5.04. The summed E-state index contributed by atoms with van der Waals surface area (Å²) in [6.45, 7) is 1.98. The number of benzene rings is 1. The van der Waals surface area contributed by atoms with Gasteiger partial charge in [0.2, 0.25) is 0 Å². The van der Waals surface area contributed by atoms with Crippen LogP contribution in [0.1, 0.15) is 24.5 Å². The van der Waals surface area contributed by atoms with Gasteiger partial charge >= 0.3 is 0 Å². The molecule has 1 aromatic carbocycles. The van der Waals surface area contributed by atoms with Crippen LogP contribution in [0.15, 0.2) is 36.5 Å². The van der Waals surface area contributed by atoms with Gasteiger partial charge in [0.1, 0.15) is 0 Å². The van der Waals surface area contributed by atoms with Gasteiger partial charge in [-0.2, -0.15) is 0 Å². The monoisotopic (exact) mass is 242 g/mol. The van der Waals surface area contributed by atoms with E-state index >= 15 is 0 Å². The van der Waals surface area contributed by atoms with E-state index in [1.54, 1.807) is 6.20 Å². The smallest absolute Gasteiger partial charge is 0.0830 e. The molecular formula is C15H18N2O. The number of hydrogen-bond donors (Lipinski definition) is 2. The van der Waals surface area contributed by atoms with E-state index < -0.39 is 0 Å². The molecule has 1 saturated heterocycles. The highest BCUT2D eigenvalue weighted by Crippen LogP contribution is 2.28. The molecule has 3 nitrogen and oxygen atoms in total. The van der Waals surface area contributed by atoms with Crippen molar-refractivity contribution in [2.45, 2.75) is 18.9 Å². The van der Waals surface area contributed by atoms with Crippen molar-refractivity contribution >= 4 is 10.9 Å². The number of fused-ring (bicyclic) bond motifs is 1. The van der Waals surface area contributed by atoms with E-state index in [1.165, 1.54) is 0 Å². The van der Waals surface area contributed by atoms with Gasteiger partial charge in [0.15, 0.2) is 0 Å². The normalized spacial score (nSPS) is 21.9. The number of aliphatic hydroxyl groups excluding tert-OH is 1. The first-order chi connectivity index (χ1) is 8.84. The van der Waals surface area contributed by atoms with Crippen LogP contribution in [0.2, 0.25) is 0 Å². The summed E-state index contributed by atoms with van der Waals surface area (Å²) >= 11 is 0. The van der Waals surface area contributed by atoms with E-state index in [0.29, 0.717) is 5.92 Å². The standard InChI is InChI=1S/C15H18N2O/c18-15(13-4-1-7-16-10-13)12-5-6-14-11(9-12)3-2-8-17-14/h2-3,5-6,8-9,13,15-16,18H,1,4,7,10H2. The maximum absolute atomic E-state index is 10.4. The second-order valence-corrected chi connectivity index (χ2v) is 5.01. The molecule has 0 spiro atoms. The topological polar surface area (TPSA) is 45.2 Å². The molecule has 1 fully saturated rings. The minimum Gasteiger partial charge on any atom is -0.388 e. The Morgan fingerprint density at radius 3 is 3.11 bits per heavy atom. The molecule has 18 heavy (non-hydrogen) atoms. The molecule has 1 aromatic heterocycles. The van der Waals surface area contributed by atoms with E-state index in [0.717, 1.165) is 42.4 Å². The molecule has 1 aliphatic rings. The lowest BCUT2D eigenvalue weighted by molar-refractivity contribution is 0.0923. The van der Waals surface area contributed by atoms with Crippen molar-refractivity contribution in [3.05, 3.63) is 42.1 Å². The molecule has 2 unspecified atom stereocenters. The summed E-state index contributed by atoms with van der Waals surface area (Å²) in [4.78, 5) is 4.30. The molecule has 3 heteroatoms. The maximum atomic E-state index is 10.4. The van der Waals surface area contributed by atoms with Gasteiger partial charge in [0.25, 0.3) is 0 Å². The third kappa shape index (κ3) is 2.24. The lowest BCUT2D eigenvalue weighted by Crippen LogP contribution is -2.33. The summed E-state index contributed by atoms with van der Waals surface area (Å²) in [5.41, 5.74) is 1.99. The van der Waals surface area contributed by atoms with Crippen LogP contribution in [-0.2, 0) is 0 Å². The van der Waals surface area contributed by atoms with Crippen LogP contribution < -0.4 is 5.32 Å². The van der Waals surface area contributed by atoms with Crippen LogP contribution in [0.25, 0.3) is 10.9 Å². The van der Waals surface area contributed by atoms with Gasteiger partial charge in [-0.25, -0.2) is 0 Å². The molecule has 1 aliphatic heterocycles. The quantitative estimate of drug-likeness (QED) is 0.849. The van der Waals surface area contributed by atoms with Gasteiger partial charge < -0.3 is 10.4 Å². The lowest BCUT2D eigenvalue weighted by atomic mass is 9.89. The summed E-state index contributed by atoms with van der Waals surface area (Å²) in [5.74, 6) is 0.327. The van der Waals surface area contributed by atoms with Gasteiger partial charge in [0.05, 0.1) is 11.6 Å². The third-order valence-electron chi connectivity index (χ3n) is 3.75. The molecule has 0 bridgehead atoms. The molecule has 0 amide bonds. The molecular weight excluding hydrogens is 224 g/mol. The van der Waals surface area contributed by atoms with Crippen LogP contribution in [0.4, 0.5) is 0 Å². The van der Waals surface area contributed by atoms with Crippen molar-refractivity contribution in [2.75, 3.05) is 13.1 Å². The fourth-order valence-corrected chi connectivity index (χ4v) is 2.70. The molecule has 3 rings (SSSR count). The zero-order valence-electron chi connectivity index (χ0n) is 10.3. The summed E-state index contributed by atoms with van der Waals surface area (Å²) in [6.07, 6.45) is 3.67. The van der Waals surface area contributed by atoms with Crippen molar-refractivity contribution in [3.8, 4) is 0 Å². The average molecular weight is 242 g/mol. The maximum Gasteiger partial charge on any atom is 0.0830 e. The number of nitrogens with one attached hydrogen (secondary N) is 1. The van der Waals surface area contributed by atoms with Gasteiger partial charge in [0, 0.05) is 24.0 Å². The predicted octanol–water partition coefficient (Wildman–Crippen LogP) is 2.27. The Kier molecular flexibility index (Phi) is 3.26. The zero-order valence-corrected chi connectivity index (χ0v) is 10.3. The molecule has 0 radical (unpaired) electrons. The van der Waals surface area contributed by atoms with Gasteiger partial charge in [-0.3, -0.25) is 4.98 Å². The Morgan fingerprint density at radius 1 is 1.33 bits per heavy atom. The second-order valence-electron chi connectivity index (χ2n) is 5.01. The van der Waals surface area contributed by atoms with Gasteiger partial charge in [-0.15, -0.1) is 0 Å². The molecule has 2 N–H and O–H groups in total. The Balaban J connectivity index is 1.88. The molecule has 0 aliphatic carbocycles. The SMILES string of the molecule is OC(c1ccc2ncccc2c1)C1CCCNC1. The minimum atomic E-state index is -0.373. The summed E-state index contributed by atoms with van der Waals surface area (Å²) < 4.78 is 0. The van der Waals surface area contributed by atoms with Crippen molar-refractivity contribution < 1.29 is 5.11 Å². The van der Waals surface area contributed by atoms with E-state index in [2.05, 4.69) is 16.4 Å². The summed E-state index contributed by atoms with van der Waals surface area (Å²) in [5, 5.41) is 14.9. The van der Waals surface area contributed by atoms with E-state index in [9.17, 15) is 5.11 Å². The van der Waals surface area contributed by atoms with Crippen molar-refractivity contribution in [1.82, 2.24) is 10.3 Å². The number of aliphatic hydroxyl groups is 1. The summed E-state index contributed by atoms with van der Waals surface area (Å²) in [7, 11) is 0. The fourth-order valence-electron chi connectivity index (χ4n) is 2.70. The van der Waals surface area contributed by atoms with Crippen molar-refractivity contribution in [1.29, 1.82) is 0 Å². The largest absolute Gasteiger partial charge is 0.388 e. The van der Waals surface area contributed by atoms with Crippen LogP contribution >= 0.6 is 0 Å². The third-order valence-corrected chi connectivity index (χ3v) is 3.75. The molecule has 2 aromatic rings. The molecule has 2 heterocycles. The van der Waals surface area contributed by atoms with Gasteiger partial charge in [-0.05, 0) is 43.1 Å².